The molecule has 4 nitrogen and oxygen atoms in total. The van der Waals surface area contributed by atoms with E-state index in [-0.39, 0.29) is 6.54 Å². The molecule has 0 aliphatic carbocycles. The predicted octanol–water partition coefficient (Wildman–Crippen LogP) is 5.66. The highest BCUT2D eigenvalue weighted by molar-refractivity contribution is 6.42. The lowest BCUT2D eigenvalue weighted by Gasteiger charge is -2.13. The van der Waals surface area contributed by atoms with Gasteiger partial charge < -0.3 is 14.2 Å². The molecule has 1 heterocycles. The Kier molecular flexibility index (Phi) is 5.70. The third-order valence-corrected chi connectivity index (χ3v) is 5.90. The van der Waals surface area contributed by atoms with Gasteiger partial charge in [-0.05, 0) is 47.5 Å². The van der Waals surface area contributed by atoms with Crippen molar-refractivity contribution < 1.29 is 5.11 Å². The van der Waals surface area contributed by atoms with Crippen LogP contribution in [-0.2, 0) is 13.1 Å². The number of rotatable bonds is 5. The molecule has 0 saturated carbocycles. The Hall–Kier alpha value is -2.24. The monoisotopic (exact) mass is 445 g/mol. The van der Waals surface area contributed by atoms with E-state index in [9.17, 15) is 5.11 Å². The lowest BCUT2D eigenvalue weighted by atomic mass is 10.1. The molecule has 0 amide bonds. The molecular weight excluding hydrogens is 429 g/mol. The Morgan fingerprint density at radius 2 is 1.48 bits per heavy atom. The van der Waals surface area contributed by atoms with Crippen LogP contribution in [0, 0.1) is 5.41 Å². The first kappa shape index (κ1) is 20.0. The van der Waals surface area contributed by atoms with Gasteiger partial charge in [0.15, 0.2) is 0 Å². The van der Waals surface area contributed by atoms with Gasteiger partial charge in [0.2, 0.25) is 5.62 Å². The molecule has 7 heteroatoms. The van der Waals surface area contributed by atoms with Crippen molar-refractivity contribution in [3.05, 3.63) is 98.5 Å². The summed E-state index contributed by atoms with van der Waals surface area (Å²) in [5, 5.41) is 21.0. The molecule has 0 bridgehead atoms. The number of hydrogen-bond donors (Lipinski definition) is 2. The van der Waals surface area contributed by atoms with Crippen molar-refractivity contribution in [2.24, 2.45) is 0 Å². The number of fused-ring (bicyclic) bond motifs is 1. The summed E-state index contributed by atoms with van der Waals surface area (Å²) < 4.78 is 3.72. The van der Waals surface area contributed by atoms with Crippen LogP contribution in [0.25, 0.3) is 11.0 Å². The molecule has 0 fully saturated rings. The maximum atomic E-state index is 10.8. The van der Waals surface area contributed by atoms with Gasteiger partial charge in [-0.3, -0.25) is 5.41 Å². The molecule has 2 N–H and O–H groups in total. The smallest absolute Gasteiger partial charge is 0.203 e. The summed E-state index contributed by atoms with van der Waals surface area (Å²) in [7, 11) is 0. The van der Waals surface area contributed by atoms with Crippen molar-refractivity contribution in [1.82, 2.24) is 9.13 Å². The zero-order valence-corrected chi connectivity index (χ0v) is 17.6. The first-order chi connectivity index (χ1) is 13.9. The van der Waals surface area contributed by atoms with Crippen molar-refractivity contribution in [3.63, 3.8) is 0 Å². The van der Waals surface area contributed by atoms with Crippen LogP contribution in [0.1, 0.15) is 17.2 Å². The van der Waals surface area contributed by atoms with Gasteiger partial charge in [0, 0.05) is 5.02 Å². The third-order valence-electron chi connectivity index (χ3n) is 4.91. The number of aromatic nitrogens is 2. The maximum Gasteiger partial charge on any atom is 0.203 e. The van der Waals surface area contributed by atoms with Crippen LogP contribution in [0.4, 0.5) is 0 Å². The average molecular weight is 447 g/mol. The first-order valence-electron chi connectivity index (χ1n) is 9.04. The molecule has 4 aromatic rings. The van der Waals surface area contributed by atoms with E-state index in [4.69, 9.17) is 40.2 Å². The fraction of sp³-hybridized carbons (Fsp3) is 0.136. The fourth-order valence-corrected chi connectivity index (χ4v) is 3.84. The second-order valence-corrected chi connectivity index (χ2v) is 8.08. The Morgan fingerprint density at radius 1 is 0.828 bits per heavy atom. The van der Waals surface area contributed by atoms with Gasteiger partial charge in [0.05, 0.1) is 40.3 Å². The molecule has 1 aromatic heterocycles. The van der Waals surface area contributed by atoms with Gasteiger partial charge in [-0.1, -0.05) is 65.1 Å². The maximum absolute atomic E-state index is 10.8. The summed E-state index contributed by atoms with van der Waals surface area (Å²) >= 11 is 18.1. The molecule has 3 aromatic carbocycles. The van der Waals surface area contributed by atoms with E-state index in [1.165, 1.54) is 0 Å². The number of nitrogens with one attached hydrogen (secondary N) is 1. The minimum absolute atomic E-state index is 0.227. The second-order valence-electron chi connectivity index (χ2n) is 6.82. The summed E-state index contributed by atoms with van der Waals surface area (Å²) in [6.45, 7) is 0.761. The van der Waals surface area contributed by atoms with Crippen LogP contribution in [0.3, 0.4) is 0 Å². The van der Waals surface area contributed by atoms with Crippen LogP contribution >= 0.6 is 34.8 Å². The highest BCUT2D eigenvalue weighted by Gasteiger charge is 2.16. The number of hydrogen-bond acceptors (Lipinski definition) is 2. The van der Waals surface area contributed by atoms with Crippen molar-refractivity contribution >= 4 is 45.8 Å². The third kappa shape index (κ3) is 4.07. The molecule has 0 spiro atoms. The van der Waals surface area contributed by atoms with E-state index in [1.807, 2.05) is 53.1 Å². The van der Waals surface area contributed by atoms with Crippen LogP contribution in [-0.4, -0.2) is 14.2 Å². The quantitative estimate of drug-likeness (QED) is 0.408. The number of halogens is 3. The van der Waals surface area contributed by atoms with E-state index in [1.54, 1.807) is 22.8 Å². The van der Waals surface area contributed by atoms with Crippen molar-refractivity contribution in [1.29, 1.82) is 5.41 Å². The van der Waals surface area contributed by atoms with Crippen molar-refractivity contribution in [2.75, 3.05) is 0 Å². The average Bonchev–Trinajstić information content (AvgIpc) is 2.97. The minimum atomic E-state index is -0.825. The minimum Gasteiger partial charge on any atom is -0.387 e. The molecule has 0 unspecified atom stereocenters. The van der Waals surface area contributed by atoms with E-state index in [2.05, 4.69) is 0 Å². The van der Waals surface area contributed by atoms with Gasteiger partial charge in [-0.25, -0.2) is 0 Å². The number of aliphatic hydroxyl groups is 1. The van der Waals surface area contributed by atoms with Crippen molar-refractivity contribution in [2.45, 2.75) is 19.2 Å². The van der Waals surface area contributed by atoms with Crippen LogP contribution in [0.5, 0.6) is 0 Å². The molecule has 148 valence electrons. The highest BCUT2D eigenvalue weighted by Crippen LogP contribution is 2.27. The number of benzene rings is 3. The molecule has 0 radical (unpaired) electrons. The van der Waals surface area contributed by atoms with E-state index in [0.717, 1.165) is 16.6 Å². The van der Waals surface area contributed by atoms with Crippen LogP contribution in [0.15, 0.2) is 66.7 Å². The van der Waals surface area contributed by atoms with E-state index < -0.39 is 6.10 Å². The Morgan fingerprint density at radius 3 is 2.14 bits per heavy atom. The summed E-state index contributed by atoms with van der Waals surface area (Å²) in [5.74, 6) is 0. The lowest BCUT2D eigenvalue weighted by molar-refractivity contribution is 0.156. The Bertz CT molecular complexity index is 1230. The fourth-order valence-electron chi connectivity index (χ4n) is 3.41. The predicted molar refractivity (Wildman–Crippen MR) is 118 cm³/mol. The van der Waals surface area contributed by atoms with E-state index >= 15 is 0 Å². The normalized spacial score (nSPS) is 12.4. The van der Waals surface area contributed by atoms with Gasteiger partial charge in [0.1, 0.15) is 0 Å². The van der Waals surface area contributed by atoms with Crippen LogP contribution < -0.4 is 5.62 Å². The van der Waals surface area contributed by atoms with Crippen LogP contribution in [0.2, 0.25) is 15.1 Å². The zero-order valence-electron chi connectivity index (χ0n) is 15.3. The number of nitrogens with zero attached hydrogens (tertiary/aromatic N) is 2. The van der Waals surface area contributed by atoms with E-state index in [0.29, 0.717) is 32.8 Å². The SMILES string of the molecule is N=c1n(Cc2ccc(Cl)cc2)c2ccccc2n1C[C@H](O)c1ccc(Cl)c(Cl)c1. The number of aliphatic hydroxyl groups excluding tert-OH is 1. The van der Waals surface area contributed by atoms with Gasteiger partial charge in [-0.15, -0.1) is 0 Å². The summed E-state index contributed by atoms with van der Waals surface area (Å²) in [4.78, 5) is 0. The molecule has 0 aliphatic rings. The largest absolute Gasteiger partial charge is 0.387 e. The number of imidazole rings is 1. The van der Waals surface area contributed by atoms with Gasteiger partial charge in [0.25, 0.3) is 0 Å². The number of para-hydroxylation sites is 2. The summed E-state index contributed by atoms with van der Waals surface area (Å²) in [5.41, 5.74) is 3.81. The molecule has 4 rings (SSSR count). The molecule has 1 atom stereocenters. The zero-order chi connectivity index (χ0) is 20.5. The molecule has 0 saturated heterocycles. The Balaban J connectivity index is 1.73. The molecular formula is C22H18Cl3N3O. The van der Waals surface area contributed by atoms with Gasteiger partial charge in [-0.2, -0.15) is 0 Å². The Labute approximate surface area is 183 Å². The summed E-state index contributed by atoms with van der Waals surface area (Å²) in [6.07, 6.45) is -0.825. The molecule has 29 heavy (non-hydrogen) atoms. The topological polar surface area (TPSA) is 53.9 Å². The van der Waals surface area contributed by atoms with Gasteiger partial charge >= 0.3 is 0 Å². The molecule has 0 aliphatic heterocycles. The second kappa shape index (κ2) is 8.25. The van der Waals surface area contributed by atoms with Crippen molar-refractivity contribution in [3.8, 4) is 0 Å². The standard InChI is InChI=1S/C22H18Cl3N3O/c23-16-8-5-14(6-9-16)12-27-19-3-1-2-4-20(19)28(22(27)26)13-21(29)15-7-10-17(24)18(25)11-15/h1-11,21,26,29H,12-13H2/t21-/m0/s1. The first-order valence-corrected chi connectivity index (χ1v) is 10.2. The summed E-state index contributed by atoms with van der Waals surface area (Å²) in [6, 6.07) is 20.5. The highest BCUT2D eigenvalue weighted by atomic mass is 35.5. The lowest BCUT2D eigenvalue weighted by Crippen LogP contribution is -2.27.